The van der Waals surface area contributed by atoms with Gasteiger partial charge in [0.1, 0.15) is 5.82 Å². The summed E-state index contributed by atoms with van der Waals surface area (Å²) < 4.78 is 2.21. The maximum Gasteiger partial charge on any atom is 0.246 e. The zero-order chi connectivity index (χ0) is 18.5. The minimum absolute atomic E-state index is 0.102. The van der Waals surface area contributed by atoms with Crippen molar-refractivity contribution in [2.24, 2.45) is 0 Å². The van der Waals surface area contributed by atoms with Crippen LogP contribution in [0.5, 0.6) is 0 Å². The number of hydrogen-bond donors (Lipinski definition) is 1. The first-order valence-corrected chi connectivity index (χ1v) is 9.05. The molecule has 0 unspecified atom stereocenters. The van der Waals surface area contributed by atoms with E-state index in [1.165, 1.54) is 0 Å². The summed E-state index contributed by atoms with van der Waals surface area (Å²) in [5, 5.41) is 3.62. The van der Waals surface area contributed by atoms with Crippen molar-refractivity contribution in [3.63, 3.8) is 0 Å². The number of amides is 1. The van der Waals surface area contributed by atoms with Gasteiger partial charge in [-0.2, -0.15) is 0 Å². The van der Waals surface area contributed by atoms with Crippen molar-refractivity contribution in [2.75, 3.05) is 6.54 Å². The van der Waals surface area contributed by atoms with Gasteiger partial charge in [-0.3, -0.25) is 4.79 Å². The van der Waals surface area contributed by atoms with Crippen LogP contribution in [0.15, 0.2) is 60.7 Å². The number of nitrogens with zero attached hydrogens (tertiary/aromatic N) is 2. The maximum atomic E-state index is 11.6. The molecule has 5 heteroatoms. The van der Waals surface area contributed by atoms with Gasteiger partial charge in [0.2, 0.25) is 5.91 Å². The number of benzene rings is 2. The second-order valence-corrected chi connectivity index (χ2v) is 6.74. The molecule has 0 bridgehead atoms. The smallest absolute Gasteiger partial charge is 0.246 e. The van der Waals surface area contributed by atoms with Gasteiger partial charge in [-0.15, -0.1) is 0 Å². The zero-order valence-corrected chi connectivity index (χ0v) is 15.6. The van der Waals surface area contributed by atoms with Gasteiger partial charge in [0.05, 0.1) is 17.6 Å². The number of imidazole rings is 1. The van der Waals surface area contributed by atoms with E-state index in [2.05, 4.69) is 22.5 Å². The van der Waals surface area contributed by atoms with E-state index in [1.54, 1.807) is 6.92 Å². The van der Waals surface area contributed by atoms with E-state index >= 15 is 0 Å². The maximum absolute atomic E-state index is 11.6. The van der Waals surface area contributed by atoms with E-state index < -0.39 is 0 Å². The number of carbonyl (C=O) groups is 1. The van der Waals surface area contributed by atoms with Gasteiger partial charge in [-0.1, -0.05) is 48.5 Å². The Morgan fingerprint density at radius 1 is 1.19 bits per heavy atom. The number of carbonyl (C=O) groups excluding carboxylic acids is 1. The Balaban J connectivity index is 1.80. The highest BCUT2D eigenvalue weighted by Gasteiger charge is 2.12. The molecule has 0 aliphatic heterocycles. The summed E-state index contributed by atoms with van der Waals surface area (Å²) in [6.07, 6.45) is 1.58. The molecule has 2 aromatic carbocycles. The van der Waals surface area contributed by atoms with Crippen molar-refractivity contribution in [3.8, 4) is 0 Å². The molecule has 0 radical (unpaired) electrons. The average molecular weight is 368 g/mol. The molecule has 134 valence electrons. The summed E-state index contributed by atoms with van der Waals surface area (Å²) in [4.78, 5) is 16.4. The topological polar surface area (TPSA) is 46.9 Å². The van der Waals surface area contributed by atoms with Crippen LogP contribution >= 0.6 is 11.6 Å². The molecule has 0 fully saturated rings. The lowest BCUT2D eigenvalue weighted by atomic mass is 10.2. The molecule has 1 heterocycles. The van der Waals surface area contributed by atoms with Crippen molar-refractivity contribution in [1.29, 1.82) is 0 Å². The van der Waals surface area contributed by atoms with Gasteiger partial charge in [-0.25, -0.2) is 4.98 Å². The van der Waals surface area contributed by atoms with Crippen LogP contribution in [0, 0.1) is 0 Å². The molecular formula is C21H22ClN3O. The molecule has 1 N–H and O–H groups in total. The van der Waals surface area contributed by atoms with Gasteiger partial charge in [0.25, 0.3) is 0 Å². The lowest BCUT2D eigenvalue weighted by Crippen LogP contribution is -2.25. The Bertz CT molecular complexity index is 945. The molecule has 0 aliphatic carbocycles. The lowest BCUT2D eigenvalue weighted by molar-refractivity contribution is -0.117. The third-order valence-electron chi connectivity index (χ3n) is 4.27. The third kappa shape index (κ3) is 4.14. The molecule has 4 nitrogen and oxygen atoms in total. The minimum atomic E-state index is -0.102. The van der Waals surface area contributed by atoms with Crippen LogP contribution in [0.2, 0.25) is 5.02 Å². The highest BCUT2D eigenvalue weighted by Crippen LogP contribution is 2.22. The molecule has 0 atom stereocenters. The van der Waals surface area contributed by atoms with Crippen molar-refractivity contribution in [3.05, 3.63) is 77.1 Å². The molecule has 0 saturated heterocycles. The zero-order valence-electron chi connectivity index (χ0n) is 14.8. The fourth-order valence-electron chi connectivity index (χ4n) is 2.89. The SMILES string of the molecule is C=C(C)C(=O)NCCCc1nc2ccccc2n1Cc1ccccc1Cl. The normalized spacial score (nSPS) is 10.8. The molecule has 26 heavy (non-hydrogen) atoms. The van der Waals surface area contributed by atoms with E-state index in [0.29, 0.717) is 18.7 Å². The first-order valence-electron chi connectivity index (χ1n) is 8.67. The summed E-state index contributed by atoms with van der Waals surface area (Å²) in [5.41, 5.74) is 3.65. The van der Waals surface area contributed by atoms with Gasteiger partial charge >= 0.3 is 0 Å². The molecule has 0 saturated carbocycles. The van der Waals surface area contributed by atoms with Crippen LogP contribution in [-0.4, -0.2) is 22.0 Å². The molecular weight excluding hydrogens is 346 g/mol. The van der Waals surface area contributed by atoms with Gasteiger partial charge in [0, 0.05) is 23.6 Å². The molecule has 0 spiro atoms. The standard InChI is InChI=1S/C21H22ClN3O/c1-15(2)21(26)23-13-7-12-20-24-18-10-5-6-11-19(18)25(20)14-16-8-3-4-9-17(16)22/h3-6,8-11H,1,7,12-14H2,2H3,(H,23,26). The van der Waals surface area contributed by atoms with E-state index in [0.717, 1.165) is 40.3 Å². The summed E-state index contributed by atoms with van der Waals surface area (Å²) in [5.74, 6) is 0.894. The number of fused-ring (bicyclic) bond motifs is 1. The number of aryl methyl sites for hydroxylation is 1. The summed E-state index contributed by atoms with van der Waals surface area (Å²) in [7, 11) is 0. The minimum Gasteiger partial charge on any atom is -0.352 e. The predicted molar refractivity (Wildman–Crippen MR) is 106 cm³/mol. The Labute approximate surface area is 158 Å². The monoisotopic (exact) mass is 367 g/mol. The van der Waals surface area contributed by atoms with Crippen LogP contribution in [0.3, 0.4) is 0 Å². The fraction of sp³-hybridized carbons (Fsp3) is 0.238. The first-order chi connectivity index (χ1) is 12.6. The van der Waals surface area contributed by atoms with Gasteiger partial charge in [-0.05, 0) is 37.1 Å². The molecule has 3 rings (SSSR count). The summed E-state index contributed by atoms with van der Waals surface area (Å²) >= 11 is 6.35. The molecule has 1 amide bonds. The number of rotatable bonds is 7. The Morgan fingerprint density at radius 3 is 2.69 bits per heavy atom. The highest BCUT2D eigenvalue weighted by molar-refractivity contribution is 6.31. The van der Waals surface area contributed by atoms with Crippen LogP contribution in [0.4, 0.5) is 0 Å². The Morgan fingerprint density at radius 2 is 1.92 bits per heavy atom. The van der Waals surface area contributed by atoms with Crippen LogP contribution in [-0.2, 0) is 17.8 Å². The van der Waals surface area contributed by atoms with Crippen LogP contribution < -0.4 is 5.32 Å². The van der Waals surface area contributed by atoms with E-state index in [-0.39, 0.29) is 5.91 Å². The quantitative estimate of drug-likeness (QED) is 0.498. The number of nitrogens with one attached hydrogen (secondary N) is 1. The van der Waals surface area contributed by atoms with Crippen LogP contribution in [0.25, 0.3) is 11.0 Å². The fourth-order valence-corrected chi connectivity index (χ4v) is 3.08. The van der Waals surface area contributed by atoms with Gasteiger partial charge < -0.3 is 9.88 Å². The molecule has 1 aromatic heterocycles. The van der Waals surface area contributed by atoms with E-state index in [9.17, 15) is 4.79 Å². The lowest BCUT2D eigenvalue weighted by Gasteiger charge is -2.11. The average Bonchev–Trinajstić information content (AvgIpc) is 2.98. The summed E-state index contributed by atoms with van der Waals surface area (Å²) in [6, 6.07) is 16.0. The van der Waals surface area contributed by atoms with Gasteiger partial charge in [0.15, 0.2) is 0 Å². The largest absolute Gasteiger partial charge is 0.352 e. The highest BCUT2D eigenvalue weighted by atomic mass is 35.5. The van der Waals surface area contributed by atoms with Crippen LogP contribution in [0.1, 0.15) is 24.7 Å². The van der Waals surface area contributed by atoms with E-state index in [1.807, 2.05) is 42.5 Å². The number of hydrogen-bond acceptors (Lipinski definition) is 2. The molecule has 0 aliphatic rings. The predicted octanol–water partition coefficient (Wildman–Crippen LogP) is 4.36. The van der Waals surface area contributed by atoms with Crippen molar-refractivity contribution in [2.45, 2.75) is 26.3 Å². The number of halogens is 1. The van der Waals surface area contributed by atoms with Crippen molar-refractivity contribution in [1.82, 2.24) is 14.9 Å². The van der Waals surface area contributed by atoms with Crippen molar-refractivity contribution >= 4 is 28.5 Å². The second kappa shape index (κ2) is 8.19. The van der Waals surface area contributed by atoms with E-state index in [4.69, 9.17) is 16.6 Å². The second-order valence-electron chi connectivity index (χ2n) is 6.33. The number of aromatic nitrogens is 2. The number of para-hydroxylation sites is 2. The third-order valence-corrected chi connectivity index (χ3v) is 4.64. The first kappa shape index (κ1) is 18.2. The Kier molecular flexibility index (Phi) is 5.74. The van der Waals surface area contributed by atoms with Crippen molar-refractivity contribution < 1.29 is 4.79 Å². The molecule has 3 aromatic rings. The summed E-state index contributed by atoms with van der Waals surface area (Å²) in [6.45, 7) is 6.63. The Hall–Kier alpha value is -2.59.